The second-order valence-corrected chi connectivity index (χ2v) is 6.51. The summed E-state index contributed by atoms with van der Waals surface area (Å²) in [5.41, 5.74) is 2.94. The summed E-state index contributed by atoms with van der Waals surface area (Å²) >= 11 is 0. The number of nitrogens with one attached hydrogen (secondary N) is 1. The van der Waals surface area contributed by atoms with Crippen LogP contribution in [0, 0.1) is 0 Å². The molecule has 2 aromatic carbocycles. The van der Waals surface area contributed by atoms with E-state index < -0.39 is 0 Å². The van der Waals surface area contributed by atoms with Gasteiger partial charge in [0.05, 0.1) is 38.1 Å². The van der Waals surface area contributed by atoms with Crippen molar-refractivity contribution in [2.24, 2.45) is 0 Å². The fraction of sp³-hybridized carbons (Fsp3) is 0.364. The van der Waals surface area contributed by atoms with Crippen molar-refractivity contribution in [3.8, 4) is 22.9 Å². The van der Waals surface area contributed by atoms with Gasteiger partial charge >= 0.3 is 0 Å². The van der Waals surface area contributed by atoms with E-state index in [-0.39, 0.29) is 5.91 Å². The van der Waals surface area contributed by atoms with E-state index >= 15 is 0 Å². The Morgan fingerprint density at radius 3 is 2.43 bits per heavy atom. The number of ether oxygens (including phenoxy) is 4. The molecule has 3 aromatic rings. The fourth-order valence-corrected chi connectivity index (χ4v) is 3.19. The maximum atomic E-state index is 12.4. The Morgan fingerprint density at radius 2 is 1.80 bits per heavy atom. The van der Waals surface area contributed by atoms with Crippen LogP contribution < -0.4 is 19.5 Å². The Labute approximate surface area is 175 Å². The maximum Gasteiger partial charge on any atom is 0.251 e. The Morgan fingerprint density at radius 1 is 1.07 bits per heavy atom. The van der Waals surface area contributed by atoms with Crippen molar-refractivity contribution >= 4 is 16.9 Å². The number of imidazole rings is 1. The minimum Gasteiger partial charge on any atom is -0.493 e. The third kappa shape index (κ3) is 4.49. The largest absolute Gasteiger partial charge is 0.493 e. The Kier molecular flexibility index (Phi) is 7.13. The zero-order valence-corrected chi connectivity index (χ0v) is 17.7. The third-order valence-electron chi connectivity index (χ3n) is 4.69. The third-order valence-corrected chi connectivity index (χ3v) is 4.69. The number of nitrogens with zero attached hydrogens (tertiary/aromatic N) is 2. The number of rotatable bonds is 10. The van der Waals surface area contributed by atoms with Crippen LogP contribution in [-0.4, -0.2) is 56.5 Å². The first kappa shape index (κ1) is 21.4. The topological polar surface area (TPSA) is 83.8 Å². The zero-order chi connectivity index (χ0) is 21.5. The number of hydrogen-bond acceptors (Lipinski definition) is 6. The number of methoxy groups -OCH3 is 3. The van der Waals surface area contributed by atoms with E-state index in [1.54, 1.807) is 39.8 Å². The van der Waals surface area contributed by atoms with Crippen LogP contribution in [0.4, 0.5) is 0 Å². The molecule has 0 radical (unpaired) electrons. The lowest BCUT2D eigenvalue weighted by Gasteiger charge is -2.15. The summed E-state index contributed by atoms with van der Waals surface area (Å²) in [7, 11) is 4.72. The van der Waals surface area contributed by atoms with Gasteiger partial charge in [0.2, 0.25) is 5.75 Å². The van der Waals surface area contributed by atoms with Gasteiger partial charge in [0.25, 0.3) is 5.91 Å². The standard InChI is InChI=1S/C22H27N3O5/c1-5-30-10-6-9-23-22(26)15-7-8-18-17(11-15)24-14-25(18)16-12-19(27-2)21(29-4)20(13-16)28-3/h7-8,11-14H,5-6,9-10H2,1-4H3,(H,23,26). The van der Waals surface area contributed by atoms with Crippen molar-refractivity contribution in [2.75, 3.05) is 41.1 Å². The van der Waals surface area contributed by atoms with Crippen LogP contribution in [0.1, 0.15) is 23.7 Å². The minimum atomic E-state index is -0.129. The quantitative estimate of drug-likeness (QED) is 0.514. The van der Waals surface area contributed by atoms with E-state index in [9.17, 15) is 4.79 Å². The van der Waals surface area contributed by atoms with Crippen LogP contribution in [0.3, 0.4) is 0 Å². The van der Waals surface area contributed by atoms with Gasteiger partial charge in [0, 0.05) is 37.5 Å². The minimum absolute atomic E-state index is 0.129. The average molecular weight is 413 g/mol. The van der Waals surface area contributed by atoms with Crippen molar-refractivity contribution in [1.82, 2.24) is 14.9 Å². The summed E-state index contributed by atoms with van der Waals surface area (Å²) in [5, 5.41) is 2.90. The van der Waals surface area contributed by atoms with E-state index in [2.05, 4.69) is 10.3 Å². The van der Waals surface area contributed by atoms with Crippen molar-refractivity contribution in [3.63, 3.8) is 0 Å². The van der Waals surface area contributed by atoms with Gasteiger partial charge in [-0.15, -0.1) is 0 Å². The van der Waals surface area contributed by atoms with Crippen molar-refractivity contribution < 1.29 is 23.7 Å². The molecule has 30 heavy (non-hydrogen) atoms. The van der Waals surface area contributed by atoms with E-state index in [0.717, 1.165) is 17.6 Å². The molecular weight excluding hydrogens is 386 g/mol. The second kappa shape index (κ2) is 9.98. The van der Waals surface area contributed by atoms with Crippen LogP contribution in [0.5, 0.6) is 17.2 Å². The van der Waals surface area contributed by atoms with E-state index in [1.807, 2.05) is 29.7 Å². The number of benzene rings is 2. The molecule has 0 aliphatic heterocycles. The van der Waals surface area contributed by atoms with Crippen LogP contribution >= 0.6 is 0 Å². The molecule has 0 saturated heterocycles. The van der Waals surface area contributed by atoms with Gasteiger partial charge in [-0.2, -0.15) is 0 Å². The first-order valence-corrected chi connectivity index (χ1v) is 9.76. The first-order valence-electron chi connectivity index (χ1n) is 9.76. The molecule has 0 aliphatic rings. The number of hydrogen-bond donors (Lipinski definition) is 1. The van der Waals surface area contributed by atoms with Crippen LogP contribution in [-0.2, 0) is 4.74 Å². The lowest BCUT2D eigenvalue weighted by Crippen LogP contribution is -2.25. The number of aromatic nitrogens is 2. The molecule has 0 saturated carbocycles. The number of fused-ring (bicyclic) bond motifs is 1. The molecule has 0 spiro atoms. The summed E-state index contributed by atoms with van der Waals surface area (Å²) in [5.74, 6) is 1.50. The van der Waals surface area contributed by atoms with Crippen molar-refractivity contribution in [2.45, 2.75) is 13.3 Å². The highest BCUT2D eigenvalue weighted by molar-refractivity contribution is 5.97. The highest BCUT2D eigenvalue weighted by Crippen LogP contribution is 2.39. The van der Waals surface area contributed by atoms with Gasteiger partial charge in [-0.3, -0.25) is 9.36 Å². The lowest BCUT2D eigenvalue weighted by molar-refractivity contribution is 0.0944. The van der Waals surface area contributed by atoms with Crippen LogP contribution in [0.2, 0.25) is 0 Å². The number of carbonyl (C=O) groups is 1. The molecule has 3 rings (SSSR count). The Balaban J connectivity index is 1.85. The molecule has 0 atom stereocenters. The smallest absolute Gasteiger partial charge is 0.251 e. The van der Waals surface area contributed by atoms with E-state index in [4.69, 9.17) is 18.9 Å². The van der Waals surface area contributed by atoms with E-state index in [1.165, 1.54) is 0 Å². The average Bonchev–Trinajstić information content (AvgIpc) is 3.21. The summed E-state index contributed by atoms with van der Waals surface area (Å²) in [4.78, 5) is 16.9. The highest BCUT2D eigenvalue weighted by Gasteiger charge is 2.16. The normalized spacial score (nSPS) is 10.8. The molecule has 0 unspecified atom stereocenters. The molecule has 160 valence electrons. The summed E-state index contributed by atoms with van der Waals surface area (Å²) in [6.07, 6.45) is 2.48. The van der Waals surface area contributed by atoms with Gasteiger partial charge in [-0.1, -0.05) is 0 Å². The predicted molar refractivity (Wildman–Crippen MR) is 114 cm³/mol. The molecule has 1 aromatic heterocycles. The van der Waals surface area contributed by atoms with Gasteiger partial charge in [0.1, 0.15) is 6.33 Å². The first-order chi connectivity index (χ1) is 14.6. The van der Waals surface area contributed by atoms with Gasteiger partial charge < -0.3 is 24.3 Å². The molecule has 0 aliphatic carbocycles. The van der Waals surface area contributed by atoms with Gasteiger partial charge in [0.15, 0.2) is 11.5 Å². The molecule has 8 nitrogen and oxygen atoms in total. The molecule has 8 heteroatoms. The van der Waals surface area contributed by atoms with Gasteiger partial charge in [-0.25, -0.2) is 4.98 Å². The number of amides is 1. The molecule has 0 bridgehead atoms. The lowest BCUT2D eigenvalue weighted by atomic mass is 10.1. The predicted octanol–water partition coefficient (Wildman–Crippen LogP) is 3.21. The van der Waals surface area contributed by atoms with Crippen LogP contribution in [0.25, 0.3) is 16.7 Å². The number of carbonyl (C=O) groups excluding carboxylic acids is 1. The summed E-state index contributed by atoms with van der Waals surface area (Å²) in [6, 6.07) is 9.14. The van der Waals surface area contributed by atoms with Crippen LogP contribution in [0.15, 0.2) is 36.7 Å². The molecule has 1 heterocycles. The maximum absolute atomic E-state index is 12.4. The molecule has 1 N–H and O–H groups in total. The van der Waals surface area contributed by atoms with Crippen molar-refractivity contribution in [3.05, 3.63) is 42.2 Å². The zero-order valence-electron chi connectivity index (χ0n) is 17.7. The summed E-state index contributed by atoms with van der Waals surface area (Å²) < 4.78 is 23.5. The SMILES string of the molecule is CCOCCCNC(=O)c1ccc2c(c1)ncn2-c1cc(OC)c(OC)c(OC)c1. The van der Waals surface area contributed by atoms with Crippen molar-refractivity contribution in [1.29, 1.82) is 0 Å². The Bertz CT molecular complexity index is 990. The summed E-state index contributed by atoms with van der Waals surface area (Å²) in [6.45, 7) is 3.83. The monoisotopic (exact) mass is 413 g/mol. The fourth-order valence-electron chi connectivity index (χ4n) is 3.19. The molecular formula is C22H27N3O5. The van der Waals surface area contributed by atoms with Gasteiger partial charge in [-0.05, 0) is 31.5 Å². The van der Waals surface area contributed by atoms with E-state index in [0.29, 0.717) is 48.1 Å². The highest BCUT2D eigenvalue weighted by atomic mass is 16.5. The molecule has 0 fully saturated rings. The second-order valence-electron chi connectivity index (χ2n) is 6.51. The molecule has 1 amide bonds. The Hall–Kier alpha value is -3.26.